The van der Waals surface area contributed by atoms with Gasteiger partial charge in [0.25, 0.3) is 0 Å². The van der Waals surface area contributed by atoms with Crippen LogP contribution in [-0.2, 0) is 14.4 Å². The van der Waals surface area contributed by atoms with Crippen LogP contribution in [0.3, 0.4) is 0 Å². The van der Waals surface area contributed by atoms with E-state index >= 15 is 0 Å². The van der Waals surface area contributed by atoms with Crippen LogP contribution in [0, 0.1) is 0 Å². The van der Waals surface area contributed by atoms with Gasteiger partial charge in [0, 0.05) is 31.0 Å². The maximum Gasteiger partial charge on any atom is 0.330 e. The summed E-state index contributed by atoms with van der Waals surface area (Å²) in [6.45, 7) is 5.08. The van der Waals surface area contributed by atoms with Gasteiger partial charge >= 0.3 is 5.97 Å². The zero-order valence-corrected chi connectivity index (χ0v) is 14.7. The van der Waals surface area contributed by atoms with Crippen molar-refractivity contribution in [1.82, 2.24) is 10.2 Å². The number of aliphatic carboxylic acids is 1. The smallest absolute Gasteiger partial charge is 0.330 e. The molecule has 0 bridgehead atoms. The van der Waals surface area contributed by atoms with Crippen LogP contribution in [0.2, 0.25) is 5.02 Å². The molecule has 6 nitrogen and oxygen atoms in total. The van der Waals surface area contributed by atoms with E-state index in [-0.39, 0.29) is 18.7 Å². The Bertz CT molecular complexity index is 570. The molecule has 0 aliphatic heterocycles. The lowest BCUT2D eigenvalue weighted by atomic mass is 10.1. The first-order chi connectivity index (χ1) is 11.4. The second-order valence-corrected chi connectivity index (χ2v) is 5.75. The summed E-state index contributed by atoms with van der Waals surface area (Å²) >= 11 is 5.78. The van der Waals surface area contributed by atoms with E-state index in [1.54, 1.807) is 29.2 Å². The van der Waals surface area contributed by atoms with Gasteiger partial charge < -0.3 is 15.3 Å². The first-order valence-electron chi connectivity index (χ1n) is 7.94. The van der Waals surface area contributed by atoms with Crippen molar-refractivity contribution in [2.24, 2.45) is 0 Å². The average Bonchev–Trinajstić information content (AvgIpc) is 2.54. The Morgan fingerprint density at radius 1 is 1.12 bits per heavy atom. The van der Waals surface area contributed by atoms with E-state index in [2.05, 4.69) is 5.32 Å². The molecule has 7 heteroatoms. The molecule has 24 heavy (non-hydrogen) atoms. The molecule has 0 spiro atoms. The highest BCUT2D eigenvalue weighted by Gasteiger charge is 2.22. The Labute approximate surface area is 146 Å². The fourth-order valence-electron chi connectivity index (χ4n) is 2.31. The Kier molecular flexibility index (Phi) is 8.26. The first kappa shape index (κ1) is 20.0. The molecule has 1 aromatic rings. The highest BCUT2D eigenvalue weighted by molar-refractivity contribution is 6.30. The Hall–Kier alpha value is -2.08. The second-order valence-electron chi connectivity index (χ2n) is 5.31. The zero-order valence-electron chi connectivity index (χ0n) is 13.9. The topological polar surface area (TPSA) is 86.7 Å². The molecule has 1 rings (SSSR count). The third kappa shape index (κ3) is 6.20. The van der Waals surface area contributed by atoms with Gasteiger partial charge in [-0.3, -0.25) is 9.59 Å². The number of halogens is 1. The molecule has 132 valence electrons. The van der Waals surface area contributed by atoms with Crippen LogP contribution in [0.1, 0.15) is 44.7 Å². The van der Waals surface area contributed by atoms with Crippen LogP contribution < -0.4 is 5.32 Å². The fourth-order valence-corrected chi connectivity index (χ4v) is 2.44. The molecular weight excluding hydrogens is 332 g/mol. The van der Waals surface area contributed by atoms with Crippen LogP contribution in [0.5, 0.6) is 0 Å². The molecule has 0 fully saturated rings. The van der Waals surface area contributed by atoms with Crippen molar-refractivity contribution in [2.45, 2.75) is 39.2 Å². The maximum atomic E-state index is 12.0. The van der Waals surface area contributed by atoms with Gasteiger partial charge in [-0.25, -0.2) is 4.79 Å². The maximum absolute atomic E-state index is 12.0. The minimum atomic E-state index is -1.15. The number of nitrogens with zero attached hydrogens (tertiary/aromatic N) is 1. The lowest BCUT2D eigenvalue weighted by Gasteiger charge is -2.18. The number of benzene rings is 1. The monoisotopic (exact) mass is 354 g/mol. The number of amides is 2. The van der Waals surface area contributed by atoms with Crippen LogP contribution in [0.15, 0.2) is 24.3 Å². The molecule has 0 aliphatic carbocycles. The third-order valence-corrected chi connectivity index (χ3v) is 3.92. The van der Waals surface area contributed by atoms with Crippen molar-refractivity contribution in [3.63, 3.8) is 0 Å². The van der Waals surface area contributed by atoms with Crippen molar-refractivity contribution in [3.8, 4) is 0 Å². The molecule has 1 atom stereocenters. The second kappa shape index (κ2) is 9.93. The summed E-state index contributed by atoms with van der Waals surface area (Å²) in [5.74, 6) is -1.55. The molecule has 0 aliphatic rings. The number of rotatable bonds is 9. The molecule has 0 saturated carbocycles. The summed E-state index contributed by atoms with van der Waals surface area (Å²) in [6.07, 6.45) is 0.756. The van der Waals surface area contributed by atoms with Gasteiger partial charge in [-0.05, 0) is 38.0 Å². The molecule has 0 radical (unpaired) electrons. The Morgan fingerprint density at radius 3 is 2.21 bits per heavy atom. The molecular formula is C17H23ClN2O4. The van der Waals surface area contributed by atoms with Gasteiger partial charge in [-0.15, -0.1) is 0 Å². The van der Waals surface area contributed by atoms with Gasteiger partial charge in [0.15, 0.2) is 6.04 Å². The quantitative estimate of drug-likeness (QED) is 0.713. The predicted octanol–water partition coefficient (Wildman–Crippen LogP) is 2.62. The van der Waals surface area contributed by atoms with Gasteiger partial charge in [0.2, 0.25) is 11.8 Å². The van der Waals surface area contributed by atoms with Gasteiger partial charge in [-0.2, -0.15) is 0 Å². The predicted molar refractivity (Wildman–Crippen MR) is 91.8 cm³/mol. The number of carbonyl (C=O) groups excluding carboxylic acids is 2. The summed E-state index contributed by atoms with van der Waals surface area (Å²) in [5, 5.41) is 12.3. The van der Waals surface area contributed by atoms with Gasteiger partial charge in [-0.1, -0.05) is 23.7 Å². The van der Waals surface area contributed by atoms with E-state index in [0.717, 1.165) is 0 Å². The van der Waals surface area contributed by atoms with E-state index in [4.69, 9.17) is 11.6 Å². The normalized spacial score (nSPS) is 11.6. The average molecular weight is 355 g/mol. The Morgan fingerprint density at radius 2 is 1.71 bits per heavy atom. The van der Waals surface area contributed by atoms with Crippen molar-refractivity contribution >= 4 is 29.4 Å². The van der Waals surface area contributed by atoms with Crippen molar-refractivity contribution < 1.29 is 19.5 Å². The number of carboxylic acid groups (broad SMARTS) is 1. The lowest BCUT2D eigenvalue weighted by molar-refractivity contribution is -0.142. The lowest BCUT2D eigenvalue weighted by Crippen LogP contribution is -2.34. The van der Waals surface area contributed by atoms with Crippen LogP contribution in [0.4, 0.5) is 0 Å². The first-order valence-corrected chi connectivity index (χ1v) is 8.32. The number of nitrogens with one attached hydrogen (secondary N) is 1. The van der Waals surface area contributed by atoms with Crippen LogP contribution in [-0.4, -0.2) is 40.9 Å². The number of carbonyl (C=O) groups is 3. The van der Waals surface area contributed by atoms with Gasteiger partial charge in [0.05, 0.1) is 0 Å². The molecule has 0 saturated heterocycles. The van der Waals surface area contributed by atoms with E-state index in [9.17, 15) is 19.5 Å². The van der Waals surface area contributed by atoms with E-state index in [1.165, 1.54) is 0 Å². The number of carboxylic acids is 1. The minimum absolute atomic E-state index is 0.000265. The molecule has 2 amide bonds. The number of hydrogen-bond acceptors (Lipinski definition) is 3. The van der Waals surface area contributed by atoms with Crippen LogP contribution in [0.25, 0.3) is 0 Å². The molecule has 2 N–H and O–H groups in total. The summed E-state index contributed by atoms with van der Waals surface area (Å²) in [4.78, 5) is 36.9. The van der Waals surface area contributed by atoms with Gasteiger partial charge in [0.1, 0.15) is 0 Å². The standard InChI is InChI=1S/C17H23ClN2O4/c1-3-20(4-2)15(22)7-5-6-14(21)19-16(17(23)24)12-8-10-13(18)11-9-12/h8-11,16H,3-7H2,1-2H3,(H,19,21)(H,23,24). The molecule has 0 heterocycles. The fraction of sp³-hybridized carbons (Fsp3) is 0.471. The van der Waals surface area contributed by atoms with E-state index in [0.29, 0.717) is 30.1 Å². The molecule has 1 aromatic carbocycles. The van der Waals surface area contributed by atoms with Crippen molar-refractivity contribution in [2.75, 3.05) is 13.1 Å². The van der Waals surface area contributed by atoms with E-state index < -0.39 is 17.9 Å². The largest absolute Gasteiger partial charge is 0.479 e. The highest BCUT2D eigenvalue weighted by Crippen LogP contribution is 2.17. The Balaban J connectivity index is 2.53. The molecule has 0 aromatic heterocycles. The summed E-state index contributed by atoms with van der Waals surface area (Å²) in [5.41, 5.74) is 0.444. The van der Waals surface area contributed by atoms with Crippen molar-refractivity contribution in [1.29, 1.82) is 0 Å². The highest BCUT2D eigenvalue weighted by atomic mass is 35.5. The van der Waals surface area contributed by atoms with Crippen molar-refractivity contribution in [3.05, 3.63) is 34.9 Å². The molecule has 1 unspecified atom stereocenters. The minimum Gasteiger partial charge on any atom is -0.479 e. The summed E-state index contributed by atoms with van der Waals surface area (Å²) in [6, 6.07) is 5.13. The summed E-state index contributed by atoms with van der Waals surface area (Å²) < 4.78 is 0. The SMILES string of the molecule is CCN(CC)C(=O)CCCC(=O)NC(C(=O)O)c1ccc(Cl)cc1. The zero-order chi connectivity index (χ0) is 18.1. The third-order valence-electron chi connectivity index (χ3n) is 3.67. The van der Waals surface area contributed by atoms with E-state index in [1.807, 2.05) is 13.8 Å². The van der Waals surface area contributed by atoms with Crippen LogP contribution >= 0.6 is 11.6 Å². The number of hydrogen-bond donors (Lipinski definition) is 2. The summed E-state index contributed by atoms with van der Waals surface area (Å²) in [7, 11) is 0.